The molecule has 0 atom stereocenters. The van der Waals surface area contributed by atoms with Gasteiger partial charge in [0, 0.05) is 23.6 Å². The Morgan fingerprint density at radius 3 is 2.54 bits per heavy atom. The lowest BCUT2D eigenvalue weighted by Crippen LogP contribution is -2.15. The molecule has 0 aliphatic heterocycles. The average Bonchev–Trinajstić information content (AvgIpc) is 2.96. The first kappa shape index (κ1) is 17.9. The number of hydrogen-bond donors (Lipinski definition) is 0. The fraction of sp³-hybridized carbons (Fsp3) is 0.176. The second-order valence-electron chi connectivity index (χ2n) is 5.53. The van der Waals surface area contributed by atoms with E-state index in [1.807, 2.05) is 0 Å². The molecule has 0 saturated carbocycles. The van der Waals surface area contributed by atoms with E-state index in [2.05, 4.69) is 0 Å². The van der Waals surface area contributed by atoms with Crippen LogP contribution in [0.4, 0.5) is 13.2 Å². The molecule has 0 fully saturated rings. The number of fused-ring (bicyclic) bond motifs is 1. The number of alkyl halides is 2. The van der Waals surface area contributed by atoms with Gasteiger partial charge >= 0.3 is 5.76 Å². The van der Waals surface area contributed by atoms with Gasteiger partial charge in [0.15, 0.2) is 5.78 Å². The van der Waals surface area contributed by atoms with E-state index >= 15 is 0 Å². The molecular weight excluding hydrogens is 371 g/mol. The van der Waals surface area contributed by atoms with E-state index in [0.29, 0.717) is 0 Å². The van der Waals surface area contributed by atoms with E-state index in [0.717, 1.165) is 24.3 Å². The summed E-state index contributed by atoms with van der Waals surface area (Å²) in [5.41, 5.74) is -0.149. The van der Waals surface area contributed by atoms with Crippen LogP contribution in [0.3, 0.4) is 0 Å². The molecule has 0 saturated heterocycles. The van der Waals surface area contributed by atoms with Crippen molar-refractivity contribution in [3.05, 3.63) is 52.8 Å². The molecule has 0 aromatic heterocycles. The zero-order chi connectivity index (χ0) is 19.1. The number of nitriles is 1. The number of ketones is 1. The first-order chi connectivity index (χ1) is 12.2. The summed E-state index contributed by atoms with van der Waals surface area (Å²) < 4.78 is 68.4. The van der Waals surface area contributed by atoms with Gasteiger partial charge in [-0.15, -0.1) is 0 Å². The molecule has 1 aliphatic carbocycles. The van der Waals surface area contributed by atoms with Crippen LogP contribution >= 0.6 is 0 Å². The minimum atomic E-state index is -4.95. The van der Waals surface area contributed by atoms with Crippen molar-refractivity contribution < 1.29 is 31.1 Å². The highest BCUT2D eigenvalue weighted by molar-refractivity contribution is 7.91. The third-order valence-corrected chi connectivity index (χ3v) is 5.30. The maximum absolute atomic E-state index is 13.5. The Labute approximate surface area is 146 Å². The number of Topliss-reactive ketones (excluding diaryl/α,β-unsaturated/α-hetero) is 1. The van der Waals surface area contributed by atoms with Gasteiger partial charge in [-0.2, -0.15) is 14.0 Å². The topological polar surface area (TPSA) is 84.2 Å². The zero-order valence-corrected chi connectivity index (χ0v) is 13.8. The predicted octanol–water partition coefficient (Wildman–Crippen LogP) is 3.61. The van der Waals surface area contributed by atoms with Crippen molar-refractivity contribution >= 4 is 15.6 Å². The Morgan fingerprint density at radius 1 is 1.15 bits per heavy atom. The van der Waals surface area contributed by atoms with Gasteiger partial charge in [-0.05, 0) is 30.7 Å². The molecule has 26 heavy (non-hydrogen) atoms. The van der Waals surface area contributed by atoms with E-state index in [1.54, 1.807) is 6.07 Å². The van der Waals surface area contributed by atoms with Crippen LogP contribution in [0, 0.1) is 17.1 Å². The summed E-state index contributed by atoms with van der Waals surface area (Å²) in [5.74, 6) is -4.94. The number of halogens is 3. The zero-order valence-electron chi connectivity index (χ0n) is 13.0. The van der Waals surface area contributed by atoms with Gasteiger partial charge < -0.3 is 4.74 Å². The normalized spacial score (nSPS) is 13.6. The highest BCUT2D eigenvalue weighted by Crippen LogP contribution is 2.38. The van der Waals surface area contributed by atoms with Crippen molar-refractivity contribution in [1.29, 1.82) is 5.26 Å². The number of nitrogens with zero attached hydrogens (tertiary/aromatic N) is 1. The van der Waals surface area contributed by atoms with E-state index in [9.17, 15) is 26.4 Å². The lowest BCUT2D eigenvalue weighted by molar-refractivity contribution is 0.0991. The minimum Gasteiger partial charge on any atom is -0.457 e. The first-order valence-electron chi connectivity index (χ1n) is 7.33. The Morgan fingerprint density at radius 2 is 1.88 bits per heavy atom. The second-order valence-corrected chi connectivity index (χ2v) is 7.42. The van der Waals surface area contributed by atoms with Crippen LogP contribution < -0.4 is 4.74 Å². The van der Waals surface area contributed by atoms with Gasteiger partial charge in [0.05, 0.1) is 16.5 Å². The van der Waals surface area contributed by atoms with E-state index < -0.39 is 32.1 Å². The maximum atomic E-state index is 13.5. The lowest BCUT2D eigenvalue weighted by atomic mass is 10.1. The fourth-order valence-corrected chi connectivity index (χ4v) is 3.74. The fourth-order valence-electron chi connectivity index (χ4n) is 2.77. The number of sulfone groups is 1. The highest BCUT2D eigenvalue weighted by atomic mass is 32.2. The van der Waals surface area contributed by atoms with Crippen molar-refractivity contribution in [3.63, 3.8) is 0 Å². The summed E-state index contributed by atoms with van der Waals surface area (Å²) in [5, 5.41) is 8.87. The van der Waals surface area contributed by atoms with E-state index in [-0.39, 0.29) is 41.0 Å². The molecule has 0 spiro atoms. The van der Waals surface area contributed by atoms with Crippen LogP contribution in [-0.4, -0.2) is 20.0 Å². The highest BCUT2D eigenvalue weighted by Gasteiger charge is 2.36. The third-order valence-electron chi connectivity index (χ3n) is 3.88. The Kier molecular flexibility index (Phi) is 4.46. The van der Waals surface area contributed by atoms with E-state index in [1.165, 1.54) is 6.07 Å². The molecule has 0 unspecified atom stereocenters. The SMILES string of the molecule is N#Cc1cc(F)cc(Oc2ccc(S(=O)(=O)C(F)F)c3c2CCC3=O)c1. The summed E-state index contributed by atoms with van der Waals surface area (Å²) in [7, 11) is -4.95. The number of hydrogen-bond acceptors (Lipinski definition) is 5. The molecule has 2 aromatic carbocycles. The molecule has 5 nitrogen and oxygen atoms in total. The van der Waals surface area contributed by atoms with Crippen LogP contribution in [-0.2, 0) is 16.3 Å². The van der Waals surface area contributed by atoms with Gasteiger partial charge in [0.2, 0.25) is 9.84 Å². The Bertz CT molecular complexity index is 1060. The molecule has 0 bridgehead atoms. The Hall–Kier alpha value is -2.86. The second kappa shape index (κ2) is 6.46. The van der Waals surface area contributed by atoms with Crippen molar-refractivity contribution in [2.24, 2.45) is 0 Å². The van der Waals surface area contributed by atoms with Gasteiger partial charge in [-0.25, -0.2) is 12.8 Å². The van der Waals surface area contributed by atoms with E-state index in [4.69, 9.17) is 10.00 Å². The molecule has 9 heteroatoms. The van der Waals surface area contributed by atoms with Crippen molar-refractivity contribution in [1.82, 2.24) is 0 Å². The number of rotatable bonds is 4. The summed E-state index contributed by atoms with van der Waals surface area (Å²) in [6, 6.07) is 7.05. The van der Waals surface area contributed by atoms with Gasteiger partial charge in [0.25, 0.3) is 0 Å². The summed E-state index contributed by atoms with van der Waals surface area (Å²) in [6.45, 7) is 0. The van der Waals surface area contributed by atoms with Gasteiger partial charge in [0.1, 0.15) is 17.3 Å². The molecule has 0 radical (unpaired) electrons. The summed E-state index contributed by atoms with van der Waals surface area (Å²) in [6.07, 6.45) is 0.0601. The monoisotopic (exact) mass is 381 g/mol. The van der Waals surface area contributed by atoms with Crippen molar-refractivity contribution in [2.45, 2.75) is 23.5 Å². The smallest absolute Gasteiger partial charge is 0.341 e. The number of ether oxygens (including phenoxy) is 1. The largest absolute Gasteiger partial charge is 0.457 e. The summed E-state index contributed by atoms with van der Waals surface area (Å²) >= 11 is 0. The lowest BCUT2D eigenvalue weighted by Gasteiger charge is -2.13. The standard InChI is InChI=1S/C17H10F3NO4S/c18-10-5-9(8-21)6-11(7-10)25-14-3-4-15(26(23,24)17(19)20)16-12(14)1-2-13(16)22/h3-7,17H,1-2H2. The van der Waals surface area contributed by atoms with Crippen LogP contribution in [0.15, 0.2) is 35.2 Å². The van der Waals surface area contributed by atoms with Crippen molar-refractivity contribution in [2.75, 3.05) is 0 Å². The molecule has 2 aromatic rings. The molecule has 0 amide bonds. The predicted molar refractivity (Wildman–Crippen MR) is 83.5 cm³/mol. The molecule has 0 N–H and O–H groups in total. The maximum Gasteiger partial charge on any atom is 0.341 e. The molecule has 134 valence electrons. The number of benzene rings is 2. The van der Waals surface area contributed by atoms with Crippen LogP contribution in [0.2, 0.25) is 0 Å². The van der Waals surface area contributed by atoms with Crippen LogP contribution in [0.5, 0.6) is 11.5 Å². The number of carbonyl (C=O) groups excluding carboxylic acids is 1. The van der Waals surface area contributed by atoms with Crippen molar-refractivity contribution in [3.8, 4) is 17.6 Å². The Balaban J connectivity index is 2.11. The van der Waals surface area contributed by atoms with Gasteiger partial charge in [-0.1, -0.05) is 0 Å². The average molecular weight is 381 g/mol. The van der Waals surface area contributed by atoms with Gasteiger partial charge in [-0.3, -0.25) is 4.79 Å². The minimum absolute atomic E-state index is 0.00428. The number of carbonyl (C=O) groups is 1. The van der Waals surface area contributed by atoms with Crippen LogP contribution in [0.25, 0.3) is 0 Å². The third kappa shape index (κ3) is 3.04. The molecule has 0 heterocycles. The molecule has 1 aliphatic rings. The quantitative estimate of drug-likeness (QED) is 0.808. The molecule has 3 rings (SSSR count). The summed E-state index contributed by atoms with van der Waals surface area (Å²) in [4.78, 5) is 11.3. The first-order valence-corrected chi connectivity index (χ1v) is 8.88. The van der Waals surface area contributed by atoms with Crippen LogP contribution in [0.1, 0.15) is 27.9 Å². The molecular formula is C17H10F3NO4S.